The van der Waals surface area contributed by atoms with Gasteiger partial charge in [-0.15, -0.1) is 0 Å². The molecule has 0 atom stereocenters. The molecule has 6 heteroatoms. The zero-order chi connectivity index (χ0) is 17.5. The second kappa shape index (κ2) is 8.59. The Labute approximate surface area is 150 Å². The number of aryl methyl sites for hydroxylation is 1. The number of rotatable bonds is 7. The van der Waals surface area contributed by atoms with E-state index in [-0.39, 0.29) is 5.91 Å². The van der Waals surface area contributed by atoms with Crippen molar-refractivity contribution in [1.82, 2.24) is 0 Å². The number of anilines is 2. The molecule has 2 N–H and O–H groups in total. The van der Waals surface area contributed by atoms with Crippen molar-refractivity contribution in [3.05, 3.63) is 46.4 Å². The van der Waals surface area contributed by atoms with Crippen molar-refractivity contribution in [3.8, 4) is 11.5 Å². The van der Waals surface area contributed by atoms with E-state index in [2.05, 4.69) is 26.6 Å². The van der Waals surface area contributed by atoms with Gasteiger partial charge in [0.05, 0.1) is 19.9 Å². The molecule has 128 valence electrons. The van der Waals surface area contributed by atoms with Crippen LogP contribution >= 0.6 is 15.9 Å². The van der Waals surface area contributed by atoms with Crippen molar-refractivity contribution in [3.63, 3.8) is 0 Å². The number of hydrogen-bond donors (Lipinski definition) is 2. The van der Waals surface area contributed by atoms with E-state index in [1.165, 1.54) is 0 Å². The van der Waals surface area contributed by atoms with E-state index in [0.29, 0.717) is 18.7 Å². The van der Waals surface area contributed by atoms with Gasteiger partial charge in [0.2, 0.25) is 5.91 Å². The largest absolute Gasteiger partial charge is 0.497 e. The van der Waals surface area contributed by atoms with Crippen LogP contribution in [0.2, 0.25) is 0 Å². The smallest absolute Gasteiger partial charge is 0.226 e. The van der Waals surface area contributed by atoms with Gasteiger partial charge in [-0.25, -0.2) is 0 Å². The van der Waals surface area contributed by atoms with Gasteiger partial charge in [0.1, 0.15) is 11.5 Å². The highest BCUT2D eigenvalue weighted by Gasteiger charge is 2.07. The molecule has 0 bridgehead atoms. The molecule has 0 unspecified atom stereocenters. The number of nitrogens with one attached hydrogen (secondary N) is 2. The number of benzene rings is 2. The first kappa shape index (κ1) is 18.1. The molecule has 0 fully saturated rings. The summed E-state index contributed by atoms with van der Waals surface area (Å²) >= 11 is 3.44. The van der Waals surface area contributed by atoms with Gasteiger partial charge in [0.25, 0.3) is 0 Å². The Balaban J connectivity index is 1.87. The zero-order valence-electron chi connectivity index (χ0n) is 14.0. The Morgan fingerprint density at radius 1 is 1.12 bits per heavy atom. The standard InChI is InChI=1S/C18H21BrN2O3/c1-12-10-13(4-6-15(12)19)21-18(22)8-9-20-16-7-5-14(23-2)11-17(16)24-3/h4-7,10-11,20H,8-9H2,1-3H3,(H,21,22). The van der Waals surface area contributed by atoms with Crippen molar-refractivity contribution in [2.45, 2.75) is 13.3 Å². The molecule has 2 rings (SSSR count). The first-order valence-corrected chi connectivity index (χ1v) is 8.34. The summed E-state index contributed by atoms with van der Waals surface area (Å²) in [5.74, 6) is 1.36. The van der Waals surface area contributed by atoms with Crippen LogP contribution in [-0.2, 0) is 4.79 Å². The van der Waals surface area contributed by atoms with Crippen LogP contribution in [0.3, 0.4) is 0 Å². The molecule has 0 aliphatic rings. The number of halogens is 1. The molecule has 1 amide bonds. The van der Waals surface area contributed by atoms with Gasteiger partial charge in [0.15, 0.2) is 0 Å². The average molecular weight is 393 g/mol. The Hall–Kier alpha value is -2.21. The number of hydrogen-bond acceptors (Lipinski definition) is 4. The highest BCUT2D eigenvalue weighted by molar-refractivity contribution is 9.10. The van der Waals surface area contributed by atoms with E-state index in [4.69, 9.17) is 9.47 Å². The molecule has 0 saturated carbocycles. The van der Waals surface area contributed by atoms with E-state index < -0.39 is 0 Å². The second-order valence-corrected chi connectivity index (χ2v) is 6.11. The maximum absolute atomic E-state index is 12.0. The van der Waals surface area contributed by atoms with Crippen LogP contribution in [0.25, 0.3) is 0 Å². The normalized spacial score (nSPS) is 10.2. The van der Waals surface area contributed by atoms with Gasteiger partial charge in [-0.3, -0.25) is 4.79 Å². The van der Waals surface area contributed by atoms with Crippen LogP contribution in [0.1, 0.15) is 12.0 Å². The summed E-state index contributed by atoms with van der Waals surface area (Å²) in [5.41, 5.74) is 2.70. The molecular weight excluding hydrogens is 372 g/mol. The van der Waals surface area contributed by atoms with Gasteiger partial charge < -0.3 is 20.1 Å². The average Bonchev–Trinajstić information content (AvgIpc) is 2.58. The number of amides is 1. The number of carbonyl (C=O) groups excluding carboxylic acids is 1. The van der Waals surface area contributed by atoms with Gasteiger partial charge in [-0.2, -0.15) is 0 Å². The molecule has 5 nitrogen and oxygen atoms in total. The second-order valence-electron chi connectivity index (χ2n) is 5.26. The van der Waals surface area contributed by atoms with E-state index in [9.17, 15) is 4.79 Å². The summed E-state index contributed by atoms with van der Waals surface area (Å²) in [7, 11) is 3.21. The monoisotopic (exact) mass is 392 g/mol. The molecule has 0 radical (unpaired) electrons. The molecule has 0 heterocycles. The van der Waals surface area contributed by atoms with E-state index in [1.807, 2.05) is 37.3 Å². The quantitative estimate of drug-likeness (QED) is 0.740. The SMILES string of the molecule is COc1ccc(NCCC(=O)Nc2ccc(Br)c(C)c2)c(OC)c1. The lowest BCUT2D eigenvalue weighted by atomic mass is 10.2. The van der Waals surface area contributed by atoms with Crippen LogP contribution in [0.15, 0.2) is 40.9 Å². The maximum atomic E-state index is 12.0. The molecule has 0 saturated heterocycles. The first-order valence-electron chi connectivity index (χ1n) is 7.55. The highest BCUT2D eigenvalue weighted by atomic mass is 79.9. The third-order valence-electron chi connectivity index (χ3n) is 3.52. The van der Waals surface area contributed by atoms with E-state index in [1.54, 1.807) is 20.3 Å². The maximum Gasteiger partial charge on any atom is 0.226 e. The van der Waals surface area contributed by atoms with Crippen molar-refractivity contribution < 1.29 is 14.3 Å². The third-order valence-corrected chi connectivity index (χ3v) is 4.41. The molecule has 24 heavy (non-hydrogen) atoms. The summed E-state index contributed by atoms with van der Waals surface area (Å²) < 4.78 is 11.5. The first-order chi connectivity index (χ1) is 11.5. The lowest BCUT2D eigenvalue weighted by Crippen LogP contribution is -2.16. The third kappa shape index (κ3) is 4.89. The van der Waals surface area contributed by atoms with Crippen molar-refractivity contribution in [2.75, 3.05) is 31.4 Å². The van der Waals surface area contributed by atoms with Gasteiger partial charge in [0, 0.05) is 29.2 Å². The summed E-state index contributed by atoms with van der Waals surface area (Å²) in [6.45, 7) is 2.49. The Kier molecular flexibility index (Phi) is 6.49. The van der Waals surface area contributed by atoms with Crippen LogP contribution < -0.4 is 20.1 Å². The molecule has 0 spiro atoms. The topological polar surface area (TPSA) is 59.6 Å². The van der Waals surface area contributed by atoms with Gasteiger partial charge >= 0.3 is 0 Å². The molecule has 0 aromatic heterocycles. The Morgan fingerprint density at radius 3 is 2.58 bits per heavy atom. The fraction of sp³-hybridized carbons (Fsp3) is 0.278. The van der Waals surface area contributed by atoms with E-state index in [0.717, 1.165) is 27.2 Å². The van der Waals surface area contributed by atoms with Crippen molar-refractivity contribution in [2.24, 2.45) is 0 Å². The molecule has 2 aromatic rings. The molecule has 0 aliphatic heterocycles. The zero-order valence-corrected chi connectivity index (χ0v) is 15.6. The van der Waals surface area contributed by atoms with Gasteiger partial charge in [-0.1, -0.05) is 15.9 Å². The highest BCUT2D eigenvalue weighted by Crippen LogP contribution is 2.28. The summed E-state index contributed by atoms with van der Waals surface area (Å²) in [4.78, 5) is 12.0. The molecule has 0 aliphatic carbocycles. The van der Waals surface area contributed by atoms with Crippen LogP contribution in [0.5, 0.6) is 11.5 Å². The minimum atomic E-state index is -0.0447. The number of ether oxygens (including phenoxy) is 2. The predicted octanol–water partition coefficient (Wildman–Crippen LogP) is 4.22. The minimum Gasteiger partial charge on any atom is -0.497 e. The minimum absolute atomic E-state index is 0.0447. The predicted molar refractivity (Wildman–Crippen MR) is 100 cm³/mol. The fourth-order valence-corrected chi connectivity index (χ4v) is 2.45. The number of carbonyl (C=O) groups is 1. The van der Waals surface area contributed by atoms with Crippen molar-refractivity contribution >= 4 is 33.2 Å². The summed E-state index contributed by atoms with van der Waals surface area (Å²) in [6.07, 6.45) is 0.351. The van der Waals surface area contributed by atoms with Crippen molar-refractivity contribution in [1.29, 1.82) is 0 Å². The van der Waals surface area contributed by atoms with E-state index >= 15 is 0 Å². The van der Waals surface area contributed by atoms with Crippen LogP contribution in [-0.4, -0.2) is 26.7 Å². The summed E-state index contributed by atoms with van der Waals surface area (Å²) in [5, 5.41) is 6.10. The van der Waals surface area contributed by atoms with Crippen LogP contribution in [0.4, 0.5) is 11.4 Å². The Bertz CT molecular complexity index is 719. The molecule has 2 aromatic carbocycles. The Morgan fingerprint density at radius 2 is 1.92 bits per heavy atom. The van der Waals surface area contributed by atoms with Gasteiger partial charge in [-0.05, 0) is 42.8 Å². The van der Waals surface area contributed by atoms with Crippen LogP contribution in [0, 0.1) is 6.92 Å². The summed E-state index contributed by atoms with van der Waals surface area (Å²) in [6, 6.07) is 11.2. The fourth-order valence-electron chi connectivity index (χ4n) is 2.20. The number of methoxy groups -OCH3 is 2. The lowest BCUT2D eigenvalue weighted by molar-refractivity contribution is -0.115. The lowest BCUT2D eigenvalue weighted by Gasteiger charge is -2.12. The molecular formula is C18H21BrN2O3.